The van der Waals surface area contributed by atoms with E-state index in [4.69, 9.17) is 14.4 Å². The number of rotatable bonds is 5. The minimum atomic E-state index is 0.0157. The number of hydrogen-bond donors (Lipinski definition) is 1. The lowest BCUT2D eigenvalue weighted by molar-refractivity contribution is -0.652. The molecule has 0 spiro atoms. The molecule has 1 N–H and O–H groups in total. The molecule has 9 nitrogen and oxygen atoms in total. The number of para-hydroxylation sites is 2. The molecule has 4 heterocycles. The molecule has 1 aromatic carbocycles. The largest absolute Gasteiger partial charge is 0.440 e. The molecule has 3 aliphatic heterocycles. The van der Waals surface area contributed by atoms with E-state index in [-0.39, 0.29) is 12.2 Å². The second-order valence-corrected chi connectivity index (χ2v) is 7.67. The van der Waals surface area contributed by atoms with Crippen molar-refractivity contribution in [1.29, 1.82) is 0 Å². The number of nitrogens with one attached hydrogen (secondary N) is 1. The van der Waals surface area contributed by atoms with E-state index in [1.165, 1.54) is 0 Å². The Bertz CT molecular complexity index is 1050. The zero-order chi connectivity index (χ0) is 20.5. The van der Waals surface area contributed by atoms with Crippen molar-refractivity contribution >= 4 is 35.8 Å². The third-order valence-corrected chi connectivity index (χ3v) is 5.66. The van der Waals surface area contributed by atoms with Gasteiger partial charge in [0.05, 0.1) is 24.5 Å². The van der Waals surface area contributed by atoms with Gasteiger partial charge in [-0.05, 0) is 32.1 Å². The summed E-state index contributed by atoms with van der Waals surface area (Å²) in [4.78, 5) is 18.1. The summed E-state index contributed by atoms with van der Waals surface area (Å²) >= 11 is 0. The third-order valence-electron chi connectivity index (χ3n) is 5.66. The first-order valence-corrected chi connectivity index (χ1v) is 10.3. The van der Waals surface area contributed by atoms with Gasteiger partial charge in [-0.3, -0.25) is 0 Å². The maximum Gasteiger partial charge on any atom is 0.375 e. The molecule has 0 radical (unpaired) electrons. The Balaban J connectivity index is 1.32. The van der Waals surface area contributed by atoms with E-state index in [1.54, 1.807) is 0 Å². The van der Waals surface area contributed by atoms with Crippen LogP contribution in [0.1, 0.15) is 12.3 Å². The minimum absolute atomic E-state index is 0.0157. The standard InChI is InChI=1S/C21H26N8O/c1-27-13-26-20-19(27)15(12-18-28(2)16-6-3-4-7-17(16)30-18)25-14-29(20)11-5-8-22-21-23-9-10-24-21/h3-4,6-7,12-14,19-20H,5,8-11H2,1-2H3,(H-,22,23,24). The van der Waals surface area contributed by atoms with Crippen LogP contribution in [0, 0.1) is 0 Å². The Morgan fingerprint density at radius 1 is 1.33 bits per heavy atom. The summed E-state index contributed by atoms with van der Waals surface area (Å²) in [6.07, 6.45) is 6.80. The summed E-state index contributed by atoms with van der Waals surface area (Å²) in [6.45, 7) is 3.29. The second kappa shape index (κ2) is 7.81. The van der Waals surface area contributed by atoms with Crippen molar-refractivity contribution in [3.8, 4) is 0 Å². The first-order chi connectivity index (χ1) is 14.7. The lowest BCUT2D eigenvalue weighted by Gasteiger charge is -2.35. The van der Waals surface area contributed by atoms with E-state index >= 15 is 0 Å². The second-order valence-electron chi connectivity index (χ2n) is 7.67. The summed E-state index contributed by atoms with van der Waals surface area (Å²) in [5.74, 6) is 1.56. The molecular weight excluding hydrogens is 380 g/mol. The number of likely N-dealkylation sites (N-methyl/N-ethyl adjacent to an activating group) is 1. The summed E-state index contributed by atoms with van der Waals surface area (Å²) in [5.41, 5.74) is 2.87. The van der Waals surface area contributed by atoms with Gasteiger partial charge in [-0.2, -0.15) is 4.57 Å². The van der Waals surface area contributed by atoms with Gasteiger partial charge in [0.2, 0.25) is 5.58 Å². The van der Waals surface area contributed by atoms with Crippen LogP contribution in [0.2, 0.25) is 0 Å². The Morgan fingerprint density at radius 3 is 3.07 bits per heavy atom. The average Bonchev–Trinajstić information content (AvgIpc) is 3.48. The van der Waals surface area contributed by atoms with Gasteiger partial charge in [-0.25, -0.2) is 9.98 Å². The molecule has 0 saturated heterocycles. The van der Waals surface area contributed by atoms with Gasteiger partial charge in [0.25, 0.3) is 5.52 Å². The molecule has 5 rings (SSSR count). The number of aryl methyl sites for hydroxylation is 1. The molecular formula is C21H26N8O. The number of fused-ring (bicyclic) bond motifs is 2. The molecule has 30 heavy (non-hydrogen) atoms. The van der Waals surface area contributed by atoms with Crippen LogP contribution in [-0.2, 0) is 7.05 Å². The van der Waals surface area contributed by atoms with Crippen LogP contribution in [0.25, 0.3) is 22.5 Å². The van der Waals surface area contributed by atoms with Crippen molar-refractivity contribution in [3.63, 3.8) is 0 Å². The van der Waals surface area contributed by atoms with Crippen LogP contribution in [0.3, 0.4) is 0 Å². The highest BCUT2D eigenvalue weighted by Gasteiger charge is 2.38. The summed E-state index contributed by atoms with van der Waals surface area (Å²) in [7, 11) is 4.05. The van der Waals surface area contributed by atoms with Gasteiger partial charge in [0.15, 0.2) is 0 Å². The van der Waals surface area contributed by atoms with E-state index in [9.17, 15) is 0 Å². The first-order valence-electron chi connectivity index (χ1n) is 10.3. The molecule has 0 fully saturated rings. The molecule has 1 aromatic heterocycles. The van der Waals surface area contributed by atoms with Gasteiger partial charge in [0, 0.05) is 25.6 Å². The number of guanidine groups is 1. The highest BCUT2D eigenvalue weighted by Crippen LogP contribution is 2.28. The highest BCUT2D eigenvalue weighted by atomic mass is 16.3. The van der Waals surface area contributed by atoms with E-state index in [0.29, 0.717) is 0 Å². The lowest BCUT2D eigenvalue weighted by Crippen LogP contribution is -2.48. The van der Waals surface area contributed by atoms with Crippen molar-refractivity contribution < 1.29 is 8.98 Å². The summed E-state index contributed by atoms with van der Waals surface area (Å²) in [6, 6.07) is 8.09. The van der Waals surface area contributed by atoms with Crippen molar-refractivity contribution in [2.24, 2.45) is 22.0 Å². The average molecular weight is 406 g/mol. The van der Waals surface area contributed by atoms with Crippen molar-refractivity contribution in [2.75, 3.05) is 33.2 Å². The number of aliphatic imine (C=N–C) groups is 3. The molecule has 2 aromatic rings. The van der Waals surface area contributed by atoms with Crippen LogP contribution in [0.5, 0.6) is 0 Å². The van der Waals surface area contributed by atoms with Gasteiger partial charge < -0.3 is 29.8 Å². The Labute approximate surface area is 175 Å². The fourth-order valence-electron chi connectivity index (χ4n) is 4.07. The SMILES string of the molecule is CN1C=NC2C1/C(=C/c1oc3ccccc3[n+]1C)N=CN2CCCNC1=NCC[N-]1. The molecule has 2 unspecified atom stereocenters. The number of benzene rings is 1. The van der Waals surface area contributed by atoms with E-state index in [0.717, 1.165) is 61.2 Å². The van der Waals surface area contributed by atoms with Crippen LogP contribution >= 0.6 is 0 Å². The Kier molecular flexibility index (Phi) is 4.86. The predicted molar refractivity (Wildman–Crippen MR) is 118 cm³/mol. The van der Waals surface area contributed by atoms with Crippen LogP contribution in [0.4, 0.5) is 0 Å². The quantitative estimate of drug-likeness (QED) is 0.600. The zero-order valence-electron chi connectivity index (χ0n) is 17.3. The van der Waals surface area contributed by atoms with E-state index in [2.05, 4.69) is 36.1 Å². The molecule has 156 valence electrons. The Hall–Kier alpha value is -3.36. The molecule has 0 amide bonds. The van der Waals surface area contributed by atoms with Gasteiger partial charge in [-0.1, -0.05) is 12.1 Å². The van der Waals surface area contributed by atoms with Crippen molar-refractivity contribution in [2.45, 2.75) is 18.6 Å². The number of nitrogens with zero attached hydrogens (tertiary/aromatic N) is 7. The monoisotopic (exact) mass is 406 g/mol. The minimum Gasteiger partial charge on any atom is -0.440 e. The molecule has 0 aliphatic carbocycles. The lowest BCUT2D eigenvalue weighted by atomic mass is 10.1. The number of hydrogen-bond acceptors (Lipinski definition) is 7. The highest BCUT2D eigenvalue weighted by molar-refractivity contribution is 5.93. The molecule has 2 atom stereocenters. The smallest absolute Gasteiger partial charge is 0.375 e. The third kappa shape index (κ3) is 3.40. The maximum atomic E-state index is 6.05. The zero-order valence-corrected chi connectivity index (χ0v) is 17.3. The van der Waals surface area contributed by atoms with Crippen molar-refractivity contribution in [1.82, 2.24) is 15.1 Å². The van der Waals surface area contributed by atoms with Gasteiger partial charge >= 0.3 is 5.89 Å². The molecule has 0 saturated carbocycles. The normalized spacial score (nSPS) is 23.9. The van der Waals surface area contributed by atoms with E-state index < -0.39 is 0 Å². The first kappa shape index (κ1) is 18.7. The molecule has 0 bridgehead atoms. The Morgan fingerprint density at radius 2 is 2.23 bits per heavy atom. The van der Waals surface area contributed by atoms with Gasteiger partial charge in [-0.15, -0.1) is 0 Å². The topological polar surface area (TPSA) is 86.7 Å². The maximum absolute atomic E-state index is 6.05. The number of aromatic nitrogens is 1. The fourth-order valence-corrected chi connectivity index (χ4v) is 4.07. The van der Waals surface area contributed by atoms with Crippen LogP contribution in [-0.4, -0.2) is 73.9 Å². The summed E-state index contributed by atoms with van der Waals surface area (Å²) < 4.78 is 8.10. The fraction of sp³-hybridized carbons (Fsp3) is 0.429. The van der Waals surface area contributed by atoms with Crippen LogP contribution in [0.15, 0.2) is 49.4 Å². The van der Waals surface area contributed by atoms with Crippen molar-refractivity contribution in [3.05, 3.63) is 41.2 Å². The van der Waals surface area contributed by atoms with Gasteiger partial charge in [0.1, 0.15) is 19.3 Å². The van der Waals surface area contributed by atoms with Crippen LogP contribution < -0.4 is 9.88 Å². The molecule has 9 heteroatoms. The van der Waals surface area contributed by atoms with E-state index in [1.807, 2.05) is 51.0 Å². The predicted octanol–water partition coefficient (Wildman–Crippen LogP) is 1.33. The molecule has 3 aliphatic rings. The number of oxazole rings is 1. The summed E-state index contributed by atoms with van der Waals surface area (Å²) in [5, 5.41) is 7.59.